The summed E-state index contributed by atoms with van der Waals surface area (Å²) in [6.07, 6.45) is 1.85. The fourth-order valence-electron chi connectivity index (χ4n) is 3.70. The third-order valence-corrected chi connectivity index (χ3v) is 6.84. The van der Waals surface area contributed by atoms with Crippen molar-refractivity contribution >= 4 is 61.3 Å². The highest BCUT2D eigenvalue weighted by atomic mass is 79.9. The Hall–Kier alpha value is -3.35. The molecule has 1 fully saturated rings. The molecule has 0 bridgehead atoms. The lowest BCUT2D eigenvalue weighted by molar-refractivity contribution is -0.115. The second-order valence-corrected chi connectivity index (χ2v) is 9.87. The molecule has 4 aromatic carbocycles. The van der Waals surface area contributed by atoms with Crippen molar-refractivity contribution in [2.75, 3.05) is 0 Å². The van der Waals surface area contributed by atoms with Gasteiger partial charge >= 0.3 is 0 Å². The van der Waals surface area contributed by atoms with Gasteiger partial charge in [-0.15, -0.1) is 0 Å². The molecular formula is C28H21BrN2O2S. The summed E-state index contributed by atoms with van der Waals surface area (Å²) in [5, 5.41) is 5.77. The Balaban J connectivity index is 1.39. The molecular weight excluding hydrogens is 508 g/mol. The van der Waals surface area contributed by atoms with E-state index in [2.05, 4.69) is 50.5 Å². The maximum absolute atomic E-state index is 12.6. The highest BCUT2D eigenvalue weighted by Crippen LogP contribution is 2.33. The minimum absolute atomic E-state index is 0.171. The molecule has 4 aromatic rings. The first kappa shape index (κ1) is 22.4. The number of carbonyl (C=O) groups is 1. The van der Waals surface area contributed by atoms with Crippen molar-refractivity contribution < 1.29 is 9.53 Å². The van der Waals surface area contributed by atoms with Crippen LogP contribution >= 0.6 is 27.7 Å². The normalized spacial score (nSPS) is 15.8. The van der Waals surface area contributed by atoms with E-state index in [9.17, 15) is 4.79 Å². The maximum Gasteiger partial charge on any atom is 0.264 e. The average Bonchev–Trinajstić information content (AvgIpc) is 3.18. The van der Waals surface area contributed by atoms with Gasteiger partial charge in [-0.25, -0.2) is 4.99 Å². The number of nitrogens with zero attached hydrogens (tertiary/aromatic N) is 1. The second kappa shape index (κ2) is 9.87. The van der Waals surface area contributed by atoms with Gasteiger partial charge in [-0.1, -0.05) is 76.1 Å². The maximum atomic E-state index is 12.6. The van der Waals surface area contributed by atoms with Gasteiger partial charge in [0.15, 0.2) is 5.17 Å². The Morgan fingerprint density at radius 3 is 2.65 bits per heavy atom. The second-order valence-electron chi connectivity index (χ2n) is 7.93. The number of benzene rings is 4. The number of hydrogen-bond acceptors (Lipinski definition) is 4. The molecule has 168 valence electrons. The van der Waals surface area contributed by atoms with E-state index in [1.165, 1.54) is 28.1 Å². The number of hydrogen-bond donors (Lipinski definition) is 1. The molecule has 6 heteroatoms. The van der Waals surface area contributed by atoms with Crippen LogP contribution in [0.2, 0.25) is 0 Å². The summed E-state index contributed by atoms with van der Waals surface area (Å²) in [6.45, 7) is 2.46. The van der Waals surface area contributed by atoms with E-state index in [-0.39, 0.29) is 5.91 Å². The molecule has 4 nitrogen and oxygen atoms in total. The fraction of sp³-hybridized carbons (Fsp3) is 0.0714. The van der Waals surface area contributed by atoms with Crippen LogP contribution in [0.25, 0.3) is 16.8 Å². The lowest BCUT2D eigenvalue weighted by Gasteiger charge is -2.12. The van der Waals surface area contributed by atoms with Gasteiger partial charge < -0.3 is 10.1 Å². The highest BCUT2D eigenvalue weighted by Gasteiger charge is 2.24. The number of aliphatic imine (C=N–C) groups is 1. The molecule has 0 atom stereocenters. The number of ether oxygens (including phenoxy) is 1. The lowest BCUT2D eigenvalue weighted by atomic mass is 10.1. The van der Waals surface area contributed by atoms with Crippen LogP contribution in [0.4, 0.5) is 5.69 Å². The molecule has 1 amide bonds. The van der Waals surface area contributed by atoms with Crippen molar-refractivity contribution in [1.29, 1.82) is 0 Å². The number of nitrogens with one attached hydrogen (secondary N) is 1. The molecule has 0 aliphatic carbocycles. The van der Waals surface area contributed by atoms with Crippen LogP contribution in [-0.2, 0) is 11.4 Å². The summed E-state index contributed by atoms with van der Waals surface area (Å²) >= 11 is 4.86. The van der Waals surface area contributed by atoms with Gasteiger partial charge in [-0.3, -0.25) is 4.79 Å². The Morgan fingerprint density at radius 1 is 1.00 bits per heavy atom. The van der Waals surface area contributed by atoms with Crippen LogP contribution in [0.15, 0.2) is 99.3 Å². The van der Waals surface area contributed by atoms with E-state index in [4.69, 9.17) is 4.74 Å². The first-order chi connectivity index (χ1) is 16.5. The van der Waals surface area contributed by atoms with Gasteiger partial charge in [-0.2, -0.15) is 0 Å². The Kier molecular flexibility index (Phi) is 6.52. The van der Waals surface area contributed by atoms with E-state index < -0.39 is 0 Å². The number of amidine groups is 1. The SMILES string of the molecule is Cc1ccc(N=C2NC(=O)/C(=C/c3cc(Br)ccc3OCc3cccc4ccccc34)S2)cc1. The lowest BCUT2D eigenvalue weighted by Crippen LogP contribution is -2.19. The molecule has 1 saturated heterocycles. The van der Waals surface area contributed by atoms with Gasteiger partial charge in [-0.05, 0) is 71.4 Å². The molecule has 1 N–H and O–H groups in total. The third kappa shape index (κ3) is 5.08. The first-order valence-corrected chi connectivity index (χ1v) is 12.4. The summed E-state index contributed by atoms with van der Waals surface area (Å²) in [5.41, 5.74) is 3.90. The van der Waals surface area contributed by atoms with Crippen molar-refractivity contribution in [3.63, 3.8) is 0 Å². The molecule has 1 aliphatic rings. The van der Waals surface area contributed by atoms with E-state index in [1.54, 1.807) is 0 Å². The fourth-order valence-corrected chi connectivity index (χ4v) is 4.91. The molecule has 1 heterocycles. The highest BCUT2D eigenvalue weighted by molar-refractivity contribution is 9.10. The van der Waals surface area contributed by atoms with Crippen molar-refractivity contribution in [2.24, 2.45) is 4.99 Å². The Bertz CT molecular complexity index is 1440. The van der Waals surface area contributed by atoms with E-state index in [0.29, 0.717) is 22.4 Å². The van der Waals surface area contributed by atoms with Gasteiger partial charge in [0.25, 0.3) is 5.91 Å². The molecule has 1 aliphatic heterocycles. The summed E-state index contributed by atoms with van der Waals surface area (Å²) in [6, 6.07) is 28.2. The van der Waals surface area contributed by atoms with Gasteiger partial charge in [0, 0.05) is 10.0 Å². The number of amides is 1. The monoisotopic (exact) mass is 528 g/mol. The summed E-state index contributed by atoms with van der Waals surface area (Å²) in [5.74, 6) is 0.539. The first-order valence-electron chi connectivity index (χ1n) is 10.8. The molecule has 0 aromatic heterocycles. The Labute approximate surface area is 210 Å². The van der Waals surface area contributed by atoms with Crippen LogP contribution < -0.4 is 10.1 Å². The zero-order valence-electron chi connectivity index (χ0n) is 18.4. The van der Waals surface area contributed by atoms with E-state index in [1.807, 2.05) is 73.7 Å². The smallest absolute Gasteiger partial charge is 0.264 e. The van der Waals surface area contributed by atoms with Crippen LogP contribution in [0.1, 0.15) is 16.7 Å². The Morgan fingerprint density at radius 2 is 1.79 bits per heavy atom. The predicted molar refractivity (Wildman–Crippen MR) is 144 cm³/mol. The minimum Gasteiger partial charge on any atom is -0.488 e. The number of thioether (sulfide) groups is 1. The number of fused-ring (bicyclic) bond motifs is 1. The number of aryl methyl sites for hydroxylation is 1. The molecule has 0 radical (unpaired) electrons. The van der Waals surface area contributed by atoms with Crippen LogP contribution in [-0.4, -0.2) is 11.1 Å². The van der Waals surface area contributed by atoms with Crippen LogP contribution in [0.5, 0.6) is 5.75 Å². The van der Waals surface area contributed by atoms with E-state index >= 15 is 0 Å². The number of carbonyl (C=O) groups excluding carboxylic acids is 1. The minimum atomic E-state index is -0.171. The van der Waals surface area contributed by atoms with Crippen molar-refractivity contribution in [1.82, 2.24) is 5.32 Å². The zero-order valence-corrected chi connectivity index (χ0v) is 20.8. The number of rotatable bonds is 5. The van der Waals surface area contributed by atoms with Crippen LogP contribution in [0, 0.1) is 6.92 Å². The quantitative estimate of drug-likeness (QED) is 0.275. The largest absolute Gasteiger partial charge is 0.488 e. The average molecular weight is 529 g/mol. The molecule has 0 unspecified atom stereocenters. The topological polar surface area (TPSA) is 50.7 Å². The zero-order chi connectivity index (χ0) is 23.5. The summed E-state index contributed by atoms with van der Waals surface area (Å²) < 4.78 is 7.14. The molecule has 0 saturated carbocycles. The molecule has 0 spiro atoms. The summed E-state index contributed by atoms with van der Waals surface area (Å²) in [4.78, 5) is 17.7. The number of halogens is 1. The van der Waals surface area contributed by atoms with Crippen molar-refractivity contribution in [3.05, 3.63) is 111 Å². The van der Waals surface area contributed by atoms with Gasteiger partial charge in [0.1, 0.15) is 12.4 Å². The van der Waals surface area contributed by atoms with Gasteiger partial charge in [0.2, 0.25) is 0 Å². The summed E-state index contributed by atoms with van der Waals surface area (Å²) in [7, 11) is 0. The molecule has 5 rings (SSSR count). The third-order valence-electron chi connectivity index (χ3n) is 5.44. The van der Waals surface area contributed by atoms with Gasteiger partial charge in [0.05, 0.1) is 10.6 Å². The van der Waals surface area contributed by atoms with Crippen LogP contribution in [0.3, 0.4) is 0 Å². The van der Waals surface area contributed by atoms with E-state index in [0.717, 1.165) is 21.3 Å². The standard InChI is InChI=1S/C28H21BrN2O2S/c1-18-9-12-23(13-10-18)30-28-31-27(32)26(34-28)16-21-15-22(29)11-14-25(21)33-17-20-7-4-6-19-5-2-3-8-24(19)20/h2-16H,17H2,1H3,(H,30,31,32)/b26-16-. The van der Waals surface area contributed by atoms with Crippen molar-refractivity contribution in [3.8, 4) is 5.75 Å². The predicted octanol–water partition coefficient (Wildman–Crippen LogP) is 7.38. The molecule has 34 heavy (non-hydrogen) atoms. The van der Waals surface area contributed by atoms with Crippen molar-refractivity contribution in [2.45, 2.75) is 13.5 Å².